The molecule has 160 valence electrons. The van der Waals surface area contributed by atoms with Gasteiger partial charge in [0, 0.05) is 6.42 Å². The quantitative estimate of drug-likeness (QED) is 0.583. The molecule has 0 saturated heterocycles. The van der Waals surface area contributed by atoms with Gasteiger partial charge in [-0.1, -0.05) is 56.3 Å². The number of hydrogen-bond acceptors (Lipinski definition) is 4. The molecule has 0 saturated carbocycles. The van der Waals surface area contributed by atoms with Crippen molar-refractivity contribution in [3.8, 4) is 0 Å². The first-order valence-corrected chi connectivity index (χ1v) is 9.51. The van der Waals surface area contributed by atoms with Gasteiger partial charge >= 0.3 is 12.1 Å². The molecule has 0 aliphatic carbocycles. The Kier molecular flexibility index (Phi) is 8.34. The molecule has 30 heavy (non-hydrogen) atoms. The third-order valence-corrected chi connectivity index (χ3v) is 4.40. The first kappa shape index (κ1) is 22.9. The number of halogens is 1. The molecule has 2 aromatic carbocycles. The van der Waals surface area contributed by atoms with Crippen LogP contribution in [0.1, 0.15) is 25.0 Å². The summed E-state index contributed by atoms with van der Waals surface area (Å²) in [5.74, 6) is -2.62. The fourth-order valence-electron chi connectivity index (χ4n) is 2.74. The smallest absolute Gasteiger partial charge is 0.408 e. The minimum absolute atomic E-state index is 0.0232. The lowest BCUT2D eigenvalue weighted by Gasteiger charge is -2.24. The SMILES string of the molecule is CC(C)[C@H](NC(=O)OCc1ccccc1)C(=O)N[C@@H](Cc1ccc(F)cc1)C(=O)O. The van der Waals surface area contributed by atoms with E-state index in [4.69, 9.17) is 4.74 Å². The van der Waals surface area contributed by atoms with Gasteiger partial charge in [-0.05, 0) is 29.2 Å². The van der Waals surface area contributed by atoms with Crippen LogP contribution in [0.15, 0.2) is 54.6 Å². The molecule has 8 heteroatoms. The Labute approximate surface area is 174 Å². The second kappa shape index (κ2) is 10.9. The second-order valence-electron chi connectivity index (χ2n) is 7.16. The Morgan fingerprint density at radius 3 is 2.17 bits per heavy atom. The lowest BCUT2D eigenvalue weighted by atomic mass is 10.0. The van der Waals surface area contributed by atoms with Crippen LogP contribution in [0.2, 0.25) is 0 Å². The number of carbonyl (C=O) groups excluding carboxylic acids is 2. The highest BCUT2D eigenvalue weighted by Gasteiger charge is 2.29. The molecule has 0 unspecified atom stereocenters. The normalized spacial score (nSPS) is 12.7. The average Bonchev–Trinajstić information content (AvgIpc) is 2.71. The molecular formula is C22H25FN2O5. The van der Waals surface area contributed by atoms with Gasteiger partial charge in [0.05, 0.1) is 0 Å². The van der Waals surface area contributed by atoms with Crippen molar-refractivity contribution in [1.29, 1.82) is 0 Å². The number of amides is 2. The molecule has 0 fully saturated rings. The number of alkyl carbamates (subject to hydrolysis) is 1. The van der Waals surface area contributed by atoms with Crippen molar-refractivity contribution < 1.29 is 28.6 Å². The van der Waals surface area contributed by atoms with Gasteiger partial charge in [-0.15, -0.1) is 0 Å². The maximum Gasteiger partial charge on any atom is 0.408 e. The molecule has 0 bridgehead atoms. The van der Waals surface area contributed by atoms with E-state index < -0.39 is 35.9 Å². The predicted molar refractivity (Wildman–Crippen MR) is 108 cm³/mol. The van der Waals surface area contributed by atoms with Crippen LogP contribution >= 0.6 is 0 Å². The van der Waals surface area contributed by atoms with Gasteiger partial charge in [0.25, 0.3) is 0 Å². The molecular weight excluding hydrogens is 391 g/mol. The minimum atomic E-state index is -1.23. The average molecular weight is 416 g/mol. The highest BCUT2D eigenvalue weighted by atomic mass is 19.1. The molecule has 7 nitrogen and oxygen atoms in total. The maximum absolute atomic E-state index is 13.0. The molecule has 0 aromatic heterocycles. The van der Waals surface area contributed by atoms with Crippen LogP contribution in [0.5, 0.6) is 0 Å². The van der Waals surface area contributed by atoms with Gasteiger partial charge in [0.15, 0.2) is 0 Å². The molecule has 2 amide bonds. The fraction of sp³-hybridized carbons (Fsp3) is 0.318. The molecule has 0 heterocycles. The predicted octanol–water partition coefficient (Wildman–Crippen LogP) is 2.89. The van der Waals surface area contributed by atoms with Crippen molar-refractivity contribution in [1.82, 2.24) is 10.6 Å². The van der Waals surface area contributed by atoms with Crippen molar-refractivity contribution >= 4 is 18.0 Å². The number of hydrogen-bond donors (Lipinski definition) is 3. The van der Waals surface area contributed by atoms with Crippen molar-refractivity contribution in [3.63, 3.8) is 0 Å². The Morgan fingerprint density at radius 1 is 0.967 bits per heavy atom. The van der Waals surface area contributed by atoms with Crippen molar-refractivity contribution in [2.75, 3.05) is 0 Å². The molecule has 0 aliphatic heterocycles. The molecule has 2 atom stereocenters. The molecule has 0 aliphatic rings. The first-order chi connectivity index (χ1) is 14.3. The number of aliphatic carboxylic acids is 1. The number of carboxylic acid groups (broad SMARTS) is 1. The van der Waals surface area contributed by atoms with Crippen molar-refractivity contribution in [2.24, 2.45) is 5.92 Å². The number of nitrogens with one attached hydrogen (secondary N) is 2. The van der Waals surface area contributed by atoms with Gasteiger partial charge in [-0.25, -0.2) is 14.0 Å². The number of benzene rings is 2. The highest BCUT2D eigenvalue weighted by molar-refractivity contribution is 5.89. The standard InChI is InChI=1S/C22H25FN2O5/c1-14(2)19(25-22(29)30-13-16-6-4-3-5-7-16)20(26)24-18(21(27)28)12-15-8-10-17(23)11-9-15/h3-11,14,18-19H,12-13H2,1-2H3,(H,24,26)(H,25,29)(H,27,28)/t18-,19-/m0/s1. The fourth-order valence-corrected chi connectivity index (χ4v) is 2.74. The van der Waals surface area contributed by atoms with E-state index in [1.54, 1.807) is 26.0 Å². The third-order valence-electron chi connectivity index (χ3n) is 4.40. The van der Waals surface area contributed by atoms with E-state index in [0.29, 0.717) is 5.56 Å². The summed E-state index contributed by atoms with van der Waals surface area (Å²) in [5.41, 5.74) is 1.35. The van der Waals surface area contributed by atoms with Crippen molar-refractivity contribution in [3.05, 3.63) is 71.5 Å². The van der Waals surface area contributed by atoms with Crippen LogP contribution in [0, 0.1) is 11.7 Å². The zero-order valence-corrected chi connectivity index (χ0v) is 16.8. The van der Waals surface area contributed by atoms with E-state index in [-0.39, 0.29) is 18.9 Å². The summed E-state index contributed by atoms with van der Waals surface area (Å²) in [4.78, 5) is 36.3. The summed E-state index contributed by atoms with van der Waals surface area (Å²) >= 11 is 0. The van der Waals surface area contributed by atoms with E-state index in [1.807, 2.05) is 18.2 Å². The van der Waals surface area contributed by atoms with E-state index in [0.717, 1.165) is 5.56 Å². The third kappa shape index (κ3) is 7.20. The van der Waals surface area contributed by atoms with Crippen LogP contribution in [0.3, 0.4) is 0 Å². The zero-order chi connectivity index (χ0) is 22.1. The maximum atomic E-state index is 13.0. The van der Waals surface area contributed by atoms with E-state index in [9.17, 15) is 23.9 Å². The first-order valence-electron chi connectivity index (χ1n) is 9.51. The number of carboxylic acids is 1. The minimum Gasteiger partial charge on any atom is -0.480 e. The molecule has 2 aromatic rings. The van der Waals surface area contributed by atoms with Gasteiger partial charge in [0.2, 0.25) is 5.91 Å². The van der Waals surface area contributed by atoms with Gasteiger partial charge < -0.3 is 20.5 Å². The summed E-state index contributed by atoms with van der Waals surface area (Å²) in [7, 11) is 0. The Bertz CT molecular complexity index is 856. The number of rotatable bonds is 9. The monoisotopic (exact) mass is 416 g/mol. The van der Waals surface area contributed by atoms with Gasteiger partial charge in [-0.2, -0.15) is 0 Å². The van der Waals surface area contributed by atoms with Gasteiger partial charge in [-0.3, -0.25) is 4.79 Å². The van der Waals surface area contributed by atoms with Crippen LogP contribution in [0.25, 0.3) is 0 Å². The highest BCUT2D eigenvalue weighted by Crippen LogP contribution is 2.09. The zero-order valence-electron chi connectivity index (χ0n) is 16.8. The molecule has 3 N–H and O–H groups in total. The Balaban J connectivity index is 1.97. The van der Waals surface area contributed by atoms with Crippen molar-refractivity contribution in [2.45, 2.75) is 39.0 Å². The number of carbonyl (C=O) groups is 3. The van der Waals surface area contributed by atoms with Crippen LogP contribution in [-0.2, 0) is 27.4 Å². The summed E-state index contributed by atoms with van der Waals surface area (Å²) in [5, 5.41) is 14.4. The summed E-state index contributed by atoms with van der Waals surface area (Å²) in [6, 6.07) is 12.2. The Hall–Kier alpha value is -3.42. The topological polar surface area (TPSA) is 105 Å². The van der Waals surface area contributed by atoms with E-state index in [2.05, 4.69) is 10.6 Å². The second-order valence-corrected chi connectivity index (χ2v) is 7.16. The molecule has 2 rings (SSSR count). The molecule has 0 spiro atoms. The summed E-state index contributed by atoms with van der Waals surface area (Å²) < 4.78 is 18.2. The van der Waals surface area contributed by atoms with E-state index >= 15 is 0 Å². The van der Waals surface area contributed by atoms with Crippen LogP contribution in [0.4, 0.5) is 9.18 Å². The Morgan fingerprint density at radius 2 is 1.60 bits per heavy atom. The lowest BCUT2D eigenvalue weighted by Crippen LogP contribution is -2.54. The van der Waals surface area contributed by atoms with E-state index in [1.165, 1.54) is 24.3 Å². The largest absolute Gasteiger partial charge is 0.480 e. The summed E-state index contributed by atoms with van der Waals surface area (Å²) in [6.07, 6.45) is -0.803. The van der Waals surface area contributed by atoms with Crippen LogP contribution in [-0.4, -0.2) is 35.2 Å². The molecule has 0 radical (unpaired) electrons. The van der Waals surface area contributed by atoms with Gasteiger partial charge in [0.1, 0.15) is 24.5 Å². The number of ether oxygens (including phenoxy) is 1. The summed E-state index contributed by atoms with van der Waals surface area (Å²) in [6.45, 7) is 3.48. The van der Waals surface area contributed by atoms with Crippen LogP contribution < -0.4 is 10.6 Å². The lowest BCUT2D eigenvalue weighted by molar-refractivity contribution is -0.142.